The van der Waals surface area contributed by atoms with Crippen LogP contribution in [0.25, 0.3) is 6.08 Å². The number of aromatic nitrogens is 1. The molecule has 2 heteroatoms. The Morgan fingerprint density at radius 1 is 1.58 bits per heavy atom. The lowest BCUT2D eigenvalue weighted by atomic mass is 10.2. The van der Waals surface area contributed by atoms with Gasteiger partial charge in [-0.05, 0) is 19.9 Å². The monoisotopic (exact) mass is 179 g/mol. The smallest absolute Gasteiger partial charge is 0.113 e. The van der Waals surface area contributed by atoms with Crippen LogP contribution in [-0.4, -0.2) is 4.57 Å². The molecule has 1 nitrogen and oxygen atoms in total. The van der Waals surface area contributed by atoms with Crippen molar-refractivity contribution in [1.29, 1.82) is 0 Å². The highest BCUT2D eigenvalue weighted by atomic mass is 32.1. The molecule has 0 aromatic carbocycles. The molecule has 0 atom stereocenters. The molecular weight excluding hydrogens is 166 g/mol. The average Bonchev–Trinajstić information content (AvgIpc) is 2.04. The number of nitrogens with zero attached hydrogens (tertiary/aromatic N) is 1. The molecule has 0 fully saturated rings. The Morgan fingerprint density at radius 2 is 2.25 bits per heavy atom. The van der Waals surface area contributed by atoms with E-state index in [-0.39, 0.29) is 0 Å². The van der Waals surface area contributed by atoms with Crippen molar-refractivity contribution in [2.24, 2.45) is 0 Å². The van der Waals surface area contributed by atoms with E-state index in [1.807, 2.05) is 18.3 Å². The Labute approximate surface area is 78.4 Å². The van der Waals surface area contributed by atoms with Gasteiger partial charge in [-0.3, -0.25) is 0 Å². The highest BCUT2D eigenvalue weighted by Crippen LogP contribution is 2.10. The van der Waals surface area contributed by atoms with Crippen LogP contribution in [0.1, 0.15) is 25.5 Å². The fourth-order valence-corrected chi connectivity index (χ4v) is 1.51. The molecular formula is C10H13NS. The van der Waals surface area contributed by atoms with Gasteiger partial charge in [0.05, 0.1) is 0 Å². The molecule has 0 unspecified atom stereocenters. The summed E-state index contributed by atoms with van der Waals surface area (Å²) in [6.07, 6.45) is 3.79. The zero-order valence-electron chi connectivity index (χ0n) is 7.45. The fraction of sp³-hybridized carbons (Fsp3) is 0.300. The first kappa shape index (κ1) is 9.20. The molecule has 1 aromatic rings. The average molecular weight is 179 g/mol. The minimum absolute atomic E-state index is 0.414. The van der Waals surface area contributed by atoms with E-state index in [9.17, 15) is 0 Å². The number of rotatable bonds is 2. The van der Waals surface area contributed by atoms with Crippen LogP contribution in [0, 0.1) is 4.64 Å². The molecule has 0 saturated carbocycles. The van der Waals surface area contributed by atoms with Crippen LogP contribution in [0.2, 0.25) is 0 Å². The third kappa shape index (κ3) is 1.64. The van der Waals surface area contributed by atoms with E-state index in [0.29, 0.717) is 6.04 Å². The molecule has 64 valence electrons. The molecule has 0 aliphatic rings. The van der Waals surface area contributed by atoms with E-state index in [0.717, 1.165) is 10.2 Å². The number of hydrogen-bond donors (Lipinski definition) is 0. The first-order chi connectivity index (χ1) is 5.66. The van der Waals surface area contributed by atoms with E-state index in [4.69, 9.17) is 12.2 Å². The van der Waals surface area contributed by atoms with E-state index < -0.39 is 0 Å². The van der Waals surface area contributed by atoms with Crippen LogP contribution in [0.4, 0.5) is 0 Å². The molecule has 1 rings (SSSR count). The Kier molecular flexibility index (Phi) is 2.82. The van der Waals surface area contributed by atoms with Gasteiger partial charge in [0.2, 0.25) is 0 Å². The highest BCUT2D eigenvalue weighted by molar-refractivity contribution is 7.71. The quantitative estimate of drug-likeness (QED) is 0.629. The summed E-state index contributed by atoms with van der Waals surface area (Å²) in [5.74, 6) is 0. The lowest BCUT2D eigenvalue weighted by Crippen LogP contribution is -2.02. The maximum absolute atomic E-state index is 5.26. The van der Waals surface area contributed by atoms with Crippen molar-refractivity contribution in [2.45, 2.75) is 19.9 Å². The van der Waals surface area contributed by atoms with Gasteiger partial charge in [0.15, 0.2) is 0 Å². The maximum atomic E-state index is 5.26. The summed E-state index contributed by atoms with van der Waals surface area (Å²) >= 11 is 5.26. The molecule has 0 saturated heterocycles. The third-order valence-electron chi connectivity index (χ3n) is 1.78. The minimum atomic E-state index is 0.414. The van der Waals surface area contributed by atoms with Crippen molar-refractivity contribution >= 4 is 18.3 Å². The minimum Gasteiger partial charge on any atom is -0.336 e. The predicted molar refractivity (Wildman–Crippen MR) is 55.7 cm³/mol. The fourth-order valence-electron chi connectivity index (χ4n) is 1.09. The molecule has 0 radical (unpaired) electrons. The largest absolute Gasteiger partial charge is 0.336 e. The zero-order chi connectivity index (χ0) is 9.14. The van der Waals surface area contributed by atoms with E-state index in [1.54, 1.807) is 6.08 Å². The summed E-state index contributed by atoms with van der Waals surface area (Å²) in [7, 11) is 0. The Hall–Kier alpha value is -0.890. The number of pyridine rings is 1. The van der Waals surface area contributed by atoms with Crippen LogP contribution in [0.15, 0.2) is 24.9 Å². The Balaban J connectivity index is 3.33. The van der Waals surface area contributed by atoms with Crippen molar-refractivity contribution in [3.8, 4) is 0 Å². The van der Waals surface area contributed by atoms with Gasteiger partial charge >= 0.3 is 0 Å². The molecule has 0 aliphatic heterocycles. The highest BCUT2D eigenvalue weighted by Gasteiger charge is 1.98. The van der Waals surface area contributed by atoms with Gasteiger partial charge < -0.3 is 4.57 Å². The van der Waals surface area contributed by atoms with Crippen molar-refractivity contribution in [3.05, 3.63) is 35.1 Å². The van der Waals surface area contributed by atoms with Gasteiger partial charge in [-0.2, -0.15) is 0 Å². The molecule has 0 aliphatic carbocycles. The van der Waals surface area contributed by atoms with Crippen LogP contribution < -0.4 is 0 Å². The van der Waals surface area contributed by atoms with Gasteiger partial charge in [0.1, 0.15) is 4.64 Å². The van der Waals surface area contributed by atoms with Crippen molar-refractivity contribution in [1.82, 2.24) is 4.57 Å². The SMILES string of the molecule is C=Cc1cccn(C(C)C)c1=S. The number of hydrogen-bond acceptors (Lipinski definition) is 1. The van der Waals surface area contributed by atoms with Crippen LogP contribution in [0.3, 0.4) is 0 Å². The molecule has 1 heterocycles. The second-order valence-electron chi connectivity index (χ2n) is 2.97. The zero-order valence-corrected chi connectivity index (χ0v) is 8.27. The van der Waals surface area contributed by atoms with Crippen molar-refractivity contribution in [2.75, 3.05) is 0 Å². The summed E-state index contributed by atoms with van der Waals surface area (Å²) in [5, 5.41) is 0. The summed E-state index contributed by atoms with van der Waals surface area (Å²) in [5.41, 5.74) is 1.03. The van der Waals surface area contributed by atoms with Crippen molar-refractivity contribution < 1.29 is 0 Å². The van der Waals surface area contributed by atoms with Gasteiger partial charge in [0.25, 0.3) is 0 Å². The van der Waals surface area contributed by atoms with Crippen LogP contribution in [0.5, 0.6) is 0 Å². The topological polar surface area (TPSA) is 4.93 Å². The first-order valence-electron chi connectivity index (χ1n) is 4.00. The summed E-state index contributed by atoms with van der Waals surface area (Å²) in [4.78, 5) is 0. The Bertz CT molecular complexity index is 336. The molecule has 12 heavy (non-hydrogen) atoms. The predicted octanol–water partition coefficient (Wildman–Crippen LogP) is 3.44. The van der Waals surface area contributed by atoms with E-state index >= 15 is 0 Å². The molecule has 0 N–H and O–H groups in total. The first-order valence-corrected chi connectivity index (χ1v) is 4.41. The van der Waals surface area contributed by atoms with Crippen molar-refractivity contribution in [3.63, 3.8) is 0 Å². The lowest BCUT2D eigenvalue weighted by Gasteiger charge is -2.11. The molecule has 0 amide bonds. The standard InChI is InChI=1S/C10H13NS/c1-4-9-6-5-7-11(8(2)3)10(9)12/h4-8H,1H2,2-3H3. The summed E-state index contributed by atoms with van der Waals surface area (Å²) in [6.45, 7) is 7.94. The molecule has 1 aromatic heterocycles. The second kappa shape index (κ2) is 3.68. The third-order valence-corrected chi connectivity index (χ3v) is 2.23. The van der Waals surface area contributed by atoms with Gasteiger partial charge in [-0.1, -0.05) is 30.9 Å². The van der Waals surface area contributed by atoms with Crippen LogP contribution in [-0.2, 0) is 0 Å². The van der Waals surface area contributed by atoms with Gasteiger partial charge in [-0.15, -0.1) is 0 Å². The van der Waals surface area contributed by atoms with E-state index in [2.05, 4.69) is 25.0 Å². The molecule has 0 bridgehead atoms. The Morgan fingerprint density at radius 3 is 2.75 bits per heavy atom. The van der Waals surface area contributed by atoms with Crippen LogP contribution >= 0.6 is 12.2 Å². The summed E-state index contributed by atoms with van der Waals surface area (Å²) < 4.78 is 2.93. The van der Waals surface area contributed by atoms with E-state index in [1.165, 1.54) is 0 Å². The summed E-state index contributed by atoms with van der Waals surface area (Å²) in [6, 6.07) is 4.39. The van der Waals surface area contributed by atoms with Gasteiger partial charge in [0, 0.05) is 17.8 Å². The second-order valence-corrected chi connectivity index (χ2v) is 3.36. The maximum Gasteiger partial charge on any atom is 0.113 e. The normalized spacial score (nSPS) is 10.2. The lowest BCUT2D eigenvalue weighted by molar-refractivity contribution is 0.588. The van der Waals surface area contributed by atoms with Gasteiger partial charge in [-0.25, -0.2) is 0 Å². The molecule has 0 spiro atoms.